The zero-order chi connectivity index (χ0) is 23.3. The van der Waals surface area contributed by atoms with Crippen molar-refractivity contribution in [3.63, 3.8) is 0 Å². The fourth-order valence-electron chi connectivity index (χ4n) is 3.89. The van der Waals surface area contributed by atoms with Gasteiger partial charge in [0.05, 0.1) is 0 Å². The van der Waals surface area contributed by atoms with E-state index in [0.717, 1.165) is 0 Å². The molecule has 1 aliphatic rings. The van der Waals surface area contributed by atoms with Crippen molar-refractivity contribution in [1.29, 1.82) is 0 Å². The van der Waals surface area contributed by atoms with Crippen molar-refractivity contribution in [3.8, 4) is 11.1 Å². The second-order valence-electron chi connectivity index (χ2n) is 8.89. The number of aryl methyl sites for hydroxylation is 2. The molecule has 0 spiro atoms. The van der Waals surface area contributed by atoms with Crippen LogP contribution in [-0.2, 0) is 23.3 Å². The first-order chi connectivity index (χ1) is 14.5. The van der Waals surface area contributed by atoms with Gasteiger partial charge in [0.15, 0.2) is 0 Å². The third-order valence-electron chi connectivity index (χ3n) is 5.97. The Hall–Kier alpha value is -0.790. The summed E-state index contributed by atoms with van der Waals surface area (Å²) in [5.74, 6) is 0.560. The van der Waals surface area contributed by atoms with Crippen LogP contribution < -0.4 is 24.8 Å². The summed E-state index contributed by atoms with van der Waals surface area (Å²) >= 11 is 1.74. The topological polar surface area (TPSA) is 0 Å². The Morgan fingerprint density at radius 3 is 1.88 bits per heavy atom. The Bertz CT molecular complexity index is 1130. The molecule has 4 heteroatoms. The largest absolute Gasteiger partial charge is 1.00 e. The summed E-state index contributed by atoms with van der Waals surface area (Å²) in [6.45, 7) is 19.9. The van der Waals surface area contributed by atoms with E-state index in [4.69, 9.17) is 0 Å². The van der Waals surface area contributed by atoms with Crippen molar-refractivity contribution in [2.45, 2.75) is 61.6 Å². The summed E-state index contributed by atoms with van der Waals surface area (Å²) < 4.78 is 0. The summed E-state index contributed by atoms with van der Waals surface area (Å²) in [5, 5.41) is 2.73. The van der Waals surface area contributed by atoms with E-state index in [1.165, 1.54) is 55.3 Å². The molecule has 0 amide bonds. The van der Waals surface area contributed by atoms with Gasteiger partial charge in [0.1, 0.15) is 0 Å². The Morgan fingerprint density at radius 1 is 0.909 bits per heavy atom. The molecule has 0 nitrogen and oxygen atoms in total. The van der Waals surface area contributed by atoms with Gasteiger partial charge in [-0.25, -0.2) is 5.57 Å². The normalized spacial score (nSPS) is 14.3. The van der Waals surface area contributed by atoms with Gasteiger partial charge in [-0.3, -0.25) is 6.08 Å². The molecular formula is C29H36Cl2SiZr-2. The number of benzene rings is 2. The summed E-state index contributed by atoms with van der Waals surface area (Å²) in [5.41, 5.74) is 11.3. The molecule has 0 N–H and O–H groups in total. The second kappa shape index (κ2) is 14.6. The quantitative estimate of drug-likeness (QED) is 0.310. The van der Waals surface area contributed by atoms with Crippen molar-refractivity contribution < 1.29 is 48.1 Å². The Morgan fingerprint density at radius 2 is 1.45 bits per heavy atom. The van der Waals surface area contributed by atoms with Gasteiger partial charge in [-0.2, -0.15) is 17.2 Å². The van der Waals surface area contributed by atoms with Crippen LogP contribution in [0.15, 0.2) is 65.3 Å². The SMILES string of the molecule is CC1=[C-]C(C)C(C)=C1C.C[Si](C)=[Zr+2].Cc1cc2c(-c3ccccc3)c(C)c(C)cc2[cH-]1.[Cl-].[Cl-]. The molecule has 1 unspecified atom stereocenters. The van der Waals surface area contributed by atoms with E-state index in [-0.39, 0.29) is 30.2 Å². The van der Waals surface area contributed by atoms with Gasteiger partial charge in [0.25, 0.3) is 0 Å². The van der Waals surface area contributed by atoms with Crippen LogP contribution in [-0.4, -0.2) is 5.43 Å². The zero-order valence-electron chi connectivity index (χ0n) is 21.5. The maximum Gasteiger partial charge on any atom is -0.0276 e. The van der Waals surface area contributed by atoms with Crippen molar-refractivity contribution in [2.75, 3.05) is 0 Å². The van der Waals surface area contributed by atoms with E-state index >= 15 is 0 Å². The van der Waals surface area contributed by atoms with E-state index in [0.29, 0.717) is 5.92 Å². The van der Waals surface area contributed by atoms with Gasteiger partial charge in [-0.15, -0.1) is 35.4 Å². The predicted molar refractivity (Wildman–Crippen MR) is 137 cm³/mol. The molecule has 0 bridgehead atoms. The minimum absolute atomic E-state index is 0. The standard InChI is InChI=1S/C18H17.C9H13.C2H6Si.2ClH.Zr/c1-12-9-16-11-13(2)14(3)18(17(16)10-12)15-7-5-4-6-8-15;1-6-5-7(2)9(4)8(6)3;1-3-2;;;/h4-11H,1-3H3;6H,1-4H3;1-2H3;2*1H;/q2*-1;;;;+2/p-2. The number of rotatable bonds is 1. The number of hydrogen-bond acceptors (Lipinski definition) is 0. The molecule has 0 heterocycles. The van der Waals surface area contributed by atoms with Crippen LogP contribution >= 0.6 is 0 Å². The average Bonchev–Trinajstić information content (AvgIpc) is 3.17. The molecule has 3 aromatic rings. The molecule has 0 fully saturated rings. The smallest absolute Gasteiger partial charge is 0.0276 e. The minimum Gasteiger partial charge on any atom is -1.00 e. The Balaban J connectivity index is 0.000000580. The maximum absolute atomic E-state index is 3.36. The fraction of sp³-hybridized carbons (Fsp3) is 0.345. The summed E-state index contributed by atoms with van der Waals surface area (Å²) in [6, 6.07) is 17.6. The molecule has 3 aromatic carbocycles. The summed E-state index contributed by atoms with van der Waals surface area (Å²) in [4.78, 5) is 0. The van der Waals surface area contributed by atoms with Gasteiger partial charge in [0, 0.05) is 0 Å². The molecule has 0 aliphatic heterocycles. The molecule has 176 valence electrons. The van der Waals surface area contributed by atoms with Crippen LogP contribution in [0.3, 0.4) is 0 Å². The predicted octanol–water partition coefficient (Wildman–Crippen LogP) is 2.67. The van der Waals surface area contributed by atoms with Crippen molar-refractivity contribution in [3.05, 3.63) is 88.0 Å². The van der Waals surface area contributed by atoms with Gasteiger partial charge >= 0.3 is 41.9 Å². The van der Waals surface area contributed by atoms with Crippen molar-refractivity contribution in [1.82, 2.24) is 0 Å². The molecular weight excluding hydrogens is 539 g/mol. The maximum atomic E-state index is 3.36. The van der Waals surface area contributed by atoms with Gasteiger partial charge in [-0.05, 0) is 19.4 Å². The zero-order valence-corrected chi connectivity index (χ0v) is 26.4. The average molecular weight is 575 g/mol. The molecule has 4 rings (SSSR count). The third-order valence-corrected chi connectivity index (χ3v) is 5.97. The minimum atomic E-state index is 0. The number of allylic oxidation sites excluding steroid dienone is 4. The van der Waals surface area contributed by atoms with Crippen molar-refractivity contribution in [2.24, 2.45) is 5.92 Å². The van der Waals surface area contributed by atoms with E-state index in [1.807, 2.05) is 0 Å². The van der Waals surface area contributed by atoms with E-state index in [9.17, 15) is 0 Å². The van der Waals surface area contributed by atoms with Crippen LogP contribution in [0.2, 0.25) is 13.1 Å². The molecule has 0 saturated carbocycles. The molecule has 0 saturated heterocycles. The molecule has 0 aromatic heterocycles. The number of fused-ring (bicyclic) bond motifs is 1. The van der Waals surface area contributed by atoms with Gasteiger partial charge < -0.3 is 24.8 Å². The first kappa shape index (κ1) is 32.2. The van der Waals surface area contributed by atoms with Crippen LogP contribution in [0.5, 0.6) is 0 Å². The first-order valence-electron chi connectivity index (χ1n) is 11.0. The van der Waals surface area contributed by atoms with Crippen LogP contribution in [0.1, 0.15) is 44.4 Å². The van der Waals surface area contributed by atoms with Crippen molar-refractivity contribution >= 4 is 16.2 Å². The van der Waals surface area contributed by atoms with Gasteiger partial charge in [0.2, 0.25) is 0 Å². The monoisotopic (exact) mass is 572 g/mol. The molecule has 1 atom stereocenters. The number of hydrogen-bond donors (Lipinski definition) is 0. The van der Waals surface area contributed by atoms with Crippen LogP contribution in [0, 0.1) is 32.8 Å². The van der Waals surface area contributed by atoms with E-state index in [2.05, 4.69) is 116 Å². The second-order valence-corrected chi connectivity index (χ2v) is 18.3. The Labute approximate surface area is 229 Å². The van der Waals surface area contributed by atoms with E-state index in [1.54, 1.807) is 23.3 Å². The summed E-state index contributed by atoms with van der Waals surface area (Å²) in [7, 11) is 0. The summed E-state index contributed by atoms with van der Waals surface area (Å²) in [6.07, 6.45) is 3.36. The van der Waals surface area contributed by atoms with Gasteiger partial charge in [-0.1, -0.05) is 80.6 Å². The van der Waals surface area contributed by atoms with Crippen LogP contribution in [0.4, 0.5) is 0 Å². The first-order valence-corrected chi connectivity index (χ1v) is 17.2. The Kier molecular flexibility index (Phi) is 14.2. The molecule has 0 radical (unpaired) electrons. The van der Waals surface area contributed by atoms with E-state index < -0.39 is 0 Å². The number of halogens is 2. The third kappa shape index (κ3) is 8.74. The van der Waals surface area contributed by atoms with Crippen LogP contribution in [0.25, 0.3) is 21.9 Å². The molecule has 1 aliphatic carbocycles. The fourth-order valence-corrected chi connectivity index (χ4v) is 3.89. The molecule has 33 heavy (non-hydrogen) atoms.